The van der Waals surface area contributed by atoms with Crippen molar-refractivity contribution in [3.8, 4) is 5.75 Å². The lowest BCUT2D eigenvalue weighted by Crippen LogP contribution is -2.37. The molecule has 2 radical (unpaired) electrons. The van der Waals surface area contributed by atoms with Gasteiger partial charge in [-0.05, 0) is 55.2 Å². The molecule has 0 saturated heterocycles. The van der Waals surface area contributed by atoms with E-state index in [1.165, 1.54) is 12.1 Å². The van der Waals surface area contributed by atoms with Crippen LogP contribution in [0.4, 0.5) is 10.1 Å². The second-order valence-corrected chi connectivity index (χ2v) is 8.67. The Morgan fingerprint density at radius 1 is 1.11 bits per heavy atom. The van der Waals surface area contributed by atoms with Crippen LogP contribution >= 0.6 is 0 Å². The molecule has 0 fully saturated rings. The first-order chi connectivity index (χ1) is 18.5. The number of carbonyl (C=O) groups is 1. The van der Waals surface area contributed by atoms with E-state index in [2.05, 4.69) is 20.6 Å². The minimum atomic E-state index is -0.449. The number of para-hydroxylation sites is 1. The summed E-state index contributed by atoms with van der Waals surface area (Å²) in [6.45, 7) is 1.22. The van der Waals surface area contributed by atoms with Gasteiger partial charge in [0.15, 0.2) is 0 Å². The lowest BCUT2D eigenvalue weighted by molar-refractivity contribution is 0.0975. The lowest BCUT2D eigenvalue weighted by Gasteiger charge is -2.15. The van der Waals surface area contributed by atoms with E-state index in [0.717, 1.165) is 24.2 Å². The van der Waals surface area contributed by atoms with Crippen molar-refractivity contribution in [2.75, 3.05) is 19.0 Å². The standard InChI is InChI=1S/C29H29BFN5O2/c1-38-27-14-12-22(30)19-21(27)11-13-24-25(9-5-10-26(24)31)28(37)35-29(34-23-7-3-2-4-8-23)33-15-6-17-36-18-16-32-20-36/h2-5,7-10,12,14,16,18-20H,6,11,13,15,17H2,1H3,(H2,33,34,35,37). The molecule has 4 rings (SSSR count). The number of benzene rings is 3. The van der Waals surface area contributed by atoms with Gasteiger partial charge in [0.05, 0.1) is 13.4 Å². The minimum absolute atomic E-state index is 0.244. The fourth-order valence-electron chi connectivity index (χ4n) is 4.09. The number of aromatic nitrogens is 2. The van der Waals surface area contributed by atoms with Gasteiger partial charge >= 0.3 is 0 Å². The second-order valence-electron chi connectivity index (χ2n) is 8.67. The number of rotatable bonds is 10. The minimum Gasteiger partial charge on any atom is -0.496 e. The monoisotopic (exact) mass is 509 g/mol. The van der Waals surface area contributed by atoms with Crippen LogP contribution < -0.4 is 20.8 Å². The summed E-state index contributed by atoms with van der Waals surface area (Å²) < 4.78 is 22.3. The fraction of sp³-hybridized carbons (Fsp3) is 0.207. The Morgan fingerprint density at radius 2 is 1.95 bits per heavy atom. The number of anilines is 1. The smallest absolute Gasteiger partial charge is 0.258 e. The Labute approximate surface area is 223 Å². The summed E-state index contributed by atoms with van der Waals surface area (Å²) in [5, 5.41) is 6.00. The van der Waals surface area contributed by atoms with E-state index >= 15 is 0 Å². The van der Waals surface area contributed by atoms with Crippen LogP contribution in [0.15, 0.2) is 90.4 Å². The van der Waals surface area contributed by atoms with Crippen molar-refractivity contribution >= 4 is 30.9 Å². The Balaban J connectivity index is 1.50. The van der Waals surface area contributed by atoms with Gasteiger partial charge in [-0.3, -0.25) is 15.1 Å². The highest BCUT2D eigenvalue weighted by atomic mass is 19.1. The molecule has 38 heavy (non-hydrogen) atoms. The van der Waals surface area contributed by atoms with Crippen molar-refractivity contribution in [3.63, 3.8) is 0 Å². The summed E-state index contributed by atoms with van der Waals surface area (Å²) in [6, 6.07) is 19.3. The third kappa shape index (κ3) is 7.32. The van der Waals surface area contributed by atoms with Gasteiger partial charge in [0.25, 0.3) is 5.91 Å². The summed E-state index contributed by atoms with van der Waals surface area (Å²) in [5.41, 5.74) is 2.76. The van der Waals surface area contributed by atoms with Crippen LogP contribution in [0, 0.1) is 5.82 Å². The molecule has 1 aromatic heterocycles. The number of nitrogens with zero attached hydrogens (tertiary/aromatic N) is 3. The normalized spacial score (nSPS) is 11.3. The summed E-state index contributed by atoms with van der Waals surface area (Å²) in [7, 11) is 7.51. The van der Waals surface area contributed by atoms with Gasteiger partial charge in [-0.2, -0.15) is 0 Å². The van der Waals surface area contributed by atoms with Gasteiger partial charge in [-0.25, -0.2) is 9.37 Å². The number of methoxy groups -OCH3 is 1. The summed E-state index contributed by atoms with van der Waals surface area (Å²) in [4.78, 5) is 22.0. The topological polar surface area (TPSA) is 80.5 Å². The van der Waals surface area contributed by atoms with Crippen LogP contribution in [0.1, 0.15) is 27.9 Å². The molecule has 7 nitrogen and oxygen atoms in total. The number of aliphatic imine (C=N–C) groups is 1. The van der Waals surface area contributed by atoms with Gasteiger partial charge in [0.1, 0.15) is 19.4 Å². The van der Waals surface area contributed by atoms with Crippen LogP contribution in [0.25, 0.3) is 0 Å². The third-order valence-corrected chi connectivity index (χ3v) is 5.98. The molecule has 192 valence electrons. The van der Waals surface area contributed by atoms with E-state index in [-0.39, 0.29) is 5.56 Å². The molecule has 4 aromatic rings. The molecular formula is C29H29BFN5O2. The van der Waals surface area contributed by atoms with E-state index in [9.17, 15) is 9.18 Å². The molecular weight excluding hydrogens is 480 g/mol. The van der Waals surface area contributed by atoms with Crippen LogP contribution in [0.5, 0.6) is 5.75 Å². The van der Waals surface area contributed by atoms with Crippen LogP contribution in [-0.4, -0.2) is 42.9 Å². The maximum absolute atomic E-state index is 15.0. The van der Waals surface area contributed by atoms with Crippen LogP contribution in [0.3, 0.4) is 0 Å². The highest BCUT2D eigenvalue weighted by molar-refractivity contribution is 6.32. The molecule has 9 heteroatoms. The molecule has 0 atom stereocenters. The van der Waals surface area contributed by atoms with Crippen LogP contribution in [-0.2, 0) is 19.4 Å². The zero-order valence-electron chi connectivity index (χ0n) is 21.2. The molecule has 2 N–H and O–H groups in total. The first kappa shape index (κ1) is 26.7. The Morgan fingerprint density at radius 3 is 2.71 bits per heavy atom. The van der Waals surface area contributed by atoms with E-state index in [1.54, 1.807) is 43.9 Å². The Hall–Kier alpha value is -4.40. The molecule has 0 spiro atoms. The van der Waals surface area contributed by atoms with E-state index in [4.69, 9.17) is 12.6 Å². The van der Waals surface area contributed by atoms with Gasteiger partial charge in [0, 0.05) is 42.3 Å². The summed E-state index contributed by atoms with van der Waals surface area (Å²) in [6.07, 6.45) is 6.86. The van der Waals surface area contributed by atoms with Gasteiger partial charge in [0.2, 0.25) is 5.96 Å². The van der Waals surface area contributed by atoms with Gasteiger partial charge in [-0.1, -0.05) is 41.9 Å². The molecule has 0 unspecified atom stereocenters. The van der Waals surface area contributed by atoms with E-state index in [0.29, 0.717) is 42.1 Å². The van der Waals surface area contributed by atoms with Crippen molar-refractivity contribution in [2.45, 2.75) is 25.8 Å². The molecule has 0 aliphatic carbocycles. The summed E-state index contributed by atoms with van der Waals surface area (Å²) >= 11 is 0. The second kappa shape index (κ2) is 13.2. The number of carbonyl (C=O) groups excluding carboxylic acids is 1. The fourth-order valence-corrected chi connectivity index (χ4v) is 4.09. The molecule has 0 aliphatic rings. The first-order valence-electron chi connectivity index (χ1n) is 12.4. The average molecular weight is 509 g/mol. The number of ether oxygens (including phenoxy) is 1. The van der Waals surface area contributed by atoms with Gasteiger partial charge in [-0.15, -0.1) is 0 Å². The van der Waals surface area contributed by atoms with Crippen molar-refractivity contribution in [3.05, 3.63) is 108 Å². The highest BCUT2D eigenvalue weighted by Crippen LogP contribution is 2.21. The predicted molar refractivity (Wildman–Crippen MR) is 149 cm³/mol. The van der Waals surface area contributed by atoms with Crippen molar-refractivity contribution in [2.24, 2.45) is 4.99 Å². The predicted octanol–water partition coefficient (Wildman–Crippen LogP) is 3.90. The molecule has 3 aromatic carbocycles. The molecule has 0 saturated carbocycles. The third-order valence-electron chi connectivity index (χ3n) is 5.98. The number of nitrogens with one attached hydrogen (secondary N) is 2. The SMILES string of the molecule is [B]c1ccc(OC)c(CCc2c(F)cccc2C(=O)NC(=NCCCn2ccnc2)Nc2ccccc2)c1. The number of imidazole rings is 1. The zero-order valence-corrected chi connectivity index (χ0v) is 21.2. The van der Waals surface area contributed by atoms with E-state index < -0.39 is 11.7 Å². The Kier molecular flexibility index (Phi) is 9.29. The number of aryl methyl sites for hydroxylation is 2. The molecule has 1 amide bonds. The first-order valence-corrected chi connectivity index (χ1v) is 12.4. The largest absolute Gasteiger partial charge is 0.496 e. The number of amides is 1. The molecule has 1 heterocycles. The zero-order chi connectivity index (χ0) is 26.7. The number of guanidine groups is 1. The number of hydrogen-bond acceptors (Lipinski definition) is 4. The lowest BCUT2D eigenvalue weighted by atomic mass is 9.91. The van der Waals surface area contributed by atoms with Crippen molar-refractivity contribution in [1.29, 1.82) is 0 Å². The maximum atomic E-state index is 15.0. The number of halogens is 1. The quantitative estimate of drug-likeness (QED) is 0.147. The maximum Gasteiger partial charge on any atom is 0.258 e. The summed E-state index contributed by atoms with van der Waals surface area (Å²) in [5.74, 6) is 0.0597. The van der Waals surface area contributed by atoms with Gasteiger partial charge < -0.3 is 14.6 Å². The van der Waals surface area contributed by atoms with Crippen molar-refractivity contribution in [1.82, 2.24) is 14.9 Å². The van der Waals surface area contributed by atoms with Crippen LogP contribution in [0.2, 0.25) is 0 Å². The molecule has 0 aliphatic heterocycles. The van der Waals surface area contributed by atoms with Crippen molar-refractivity contribution < 1.29 is 13.9 Å². The average Bonchev–Trinajstić information content (AvgIpc) is 3.44. The highest BCUT2D eigenvalue weighted by Gasteiger charge is 2.18. The Bertz CT molecular complexity index is 1380. The molecule has 0 bridgehead atoms. The van der Waals surface area contributed by atoms with E-state index in [1.807, 2.05) is 41.1 Å². The number of hydrogen-bond donors (Lipinski definition) is 2.